The number of rotatable bonds is 6. The molecule has 0 radical (unpaired) electrons. The van der Waals surface area contributed by atoms with E-state index in [1.54, 1.807) is 18.3 Å². The Morgan fingerprint density at radius 1 is 1.04 bits per heavy atom. The van der Waals surface area contributed by atoms with Gasteiger partial charge >= 0.3 is 0 Å². The van der Waals surface area contributed by atoms with Gasteiger partial charge in [-0.3, -0.25) is 14.6 Å². The van der Waals surface area contributed by atoms with Gasteiger partial charge in [-0.15, -0.1) is 0 Å². The van der Waals surface area contributed by atoms with Crippen molar-refractivity contribution in [3.63, 3.8) is 0 Å². The van der Waals surface area contributed by atoms with Crippen molar-refractivity contribution in [3.8, 4) is 0 Å². The molecular weight excluding hydrogens is 290 g/mol. The highest BCUT2D eigenvalue weighted by Crippen LogP contribution is 2.22. The fourth-order valence-corrected chi connectivity index (χ4v) is 2.35. The van der Waals surface area contributed by atoms with E-state index in [-0.39, 0.29) is 18.4 Å². The van der Waals surface area contributed by atoms with Crippen LogP contribution in [0.15, 0.2) is 42.7 Å². The lowest BCUT2D eigenvalue weighted by Crippen LogP contribution is -2.33. The molecule has 0 saturated carbocycles. The van der Waals surface area contributed by atoms with Gasteiger partial charge in [-0.2, -0.15) is 0 Å². The third kappa shape index (κ3) is 4.39. The number of anilines is 1. The van der Waals surface area contributed by atoms with Gasteiger partial charge in [-0.1, -0.05) is 32.0 Å². The summed E-state index contributed by atoms with van der Waals surface area (Å²) in [6, 6.07) is 9.34. The molecule has 0 spiro atoms. The zero-order valence-corrected chi connectivity index (χ0v) is 13.4. The molecule has 0 fully saturated rings. The van der Waals surface area contributed by atoms with E-state index >= 15 is 0 Å². The number of benzene rings is 1. The Morgan fingerprint density at radius 3 is 2.30 bits per heavy atom. The second kappa shape index (κ2) is 8.08. The highest BCUT2D eigenvalue weighted by molar-refractivity contribution is 5.99. The van der Waals surface area contributed by atoms with E-state index in [0.717, 1.165) is 29.7 Å². The van der Waals surface area contributed by atoms with Crippen LogP contribution in [0, 0.1) is 0 Å². The minimum Gasteiger partial charge on any atom is -0.343 e. The molecule has 23 heavy (non-hydrogen) atoms. The van der Waals surface area contributed by atoms with E-state index in [0.29, 0.717) is 5.56 Å². The monoisotopic (exact) mass is 311 g/mol. The van der Waals surface area contributed by atoms with Crippen LogP contribution in [0.4, 0.5) is 5.69 Å². The van der Waals surface area contributed by atoms with Crippen molar-refractivity contribution in [2.75, 3.05) is 11.9 Å². The van der Waals surface area contributed by atoms with E-state index in [2.05, 4.69) is 29.5 Å². The number of carbonyl (C=O) groups excluding carboxylic acids is 2. The molecule has 5 heteroatoms. The number of amides is 2. The largest absolute Gasteiger partial charge is 0.343 e. The average Bonchev–Trinajstić information content (AvgIpc) is 2.60. The number of aryl methyl sites for hydroxylation is 2. The Balaban J connectivity index is 1.99. The molecule has 0 unspecified atom stereocenters. The predicted molar refractivity (Wildman–Crippen MR) is 90.4 cm³/mol. The maximum absolute atomic E-state index is 12.1. The van der Waals surface area contributed by atoms with Crippen molar-refractivity contribution in [1.82, 2.24) is 10.3 Å². The van der Waals surface area contributed by atoms with Crippen molar-refractivity contribution in [3.05, 3.63) is 59.4 Å². The molecule has 2 rings (SSSR count). The Bertz CT molecular complexity index is 662. The molecule has 0 aliphatic heterocycles. The molecule has 120 valence electrons. The first-order valence-electron chi connectivity index (χ1n) is 7.74. The minimum absolute atomic E-state index is 0.0745. The molecule has 5 nitrogen and oxygen atoms in total. The van der Waals surface area contributed by atoms with Crippen LogP contribution in [-0.2, 0) is 17.6 Å². The lowest BCUT2D eigenvalue weighted by Gasteiger charge is -2.14. The zero-order chi connectivity index (χ0) is 16.7. The van der Waals surface area contributed by atoms with Gasteiger partial charge in [0.1, 0.15) is 0 Å². The van der Waals surface area contributed by atoms with Gasteiger partial charge in [0.2, 0.25) is 5.91 Å². The molecule has 0 bridgehead atoms. The standard InChI is InChI=1S/C18H21N3O2/c1-3-13-7-5-8-14(4-2)17(13)21-16(22)12-20-18(23)15-9-6-10-19-11-15/h5-11H,3-4,12H2,1-2H3,(H,20,23)(H,21,22). The minimum atomic E-state index is -0.312. The lowest BCUT2D eigenvalue weighted by atomic mass is 10.0. The van der Waals surface area contributed by atoms with Crippen LogP contribution in [0.1, 0.15) is 35.3 Å². The maximum Gasteiger partial charge on any atom is 0.253 e. The highest BCUT2D eigenvalue weighted by Gasteiger charge is 2.11. The smallest absolute Gasteiger partial charge is 0.253 e. The van der Waals surface area contributed by atoms with Crippen LogP contribution in [0.5, 0.6) is 0 Å². The van der Waals surface area contributed by atoms with Crippen molar-refractivity contribution in [2.24, 2.45) is 0 Å². The summed E-state index contributed by atoms with van der Waals surface area (Å²) in [6.45, 7) is 4.03. The quantitative estimate of drug-likeness (QED) is 0.861. The summed E-state index contributed by atoms with van der Waals surface area (Å²) in [5.41, 5.74) is 3.48. The number of hydrogen-bond acceptors (Lipinski definition) is 3. The summed E-state index contributed by atoms with van der Waals surface area (Å²) in [7, 11) is 0. The summed E-state index contributed by atoms with van der Waals surface area (Å²) in [4.78, 5) is 27.9. The number of para-hydroxylation sites is 1. The van der Waals surface area contributed by atoms with E-state index in [4.69, 9.17) is 0 Å². The average molecular weight is 311 g/mol. The fourth-order valence-electron chi connectivity index (χ4n) is 2.35. The topological polar surface area (TPSA) is 71.1 Å². The molecule has 0 aliphatic carbocycles. The van der Waals surface area contributed by atoms with Crippen LogP contribution in [0.3, 0.4) is 0 Å². The summed E-state index contributed by atoms with van der Waals surface area (Å²) in [6.07, 6.45) is 4.74. The third-order valence-electron chi connectivity index (χ3n) is 3.60. The van der Waals surface area contributed by atoms with Gasteiger partial charge in [0, 0.05) is 18.1 Å². The number of nitrogens with one attached hydrogen (secondary N) is 2. The van der Waals surface area contributed by atoms with Crippen molar-refractivity contribution < 1.29 is 9.59 Å². The summed E-state index contributed by atoms with van der Waals surface area (Å²) < 4.78 is 0. The van der Waals surface area contributed by atoms with Gasteiger partial charge in [0.25, 0.3) is 5.91 Å². The highest BCUT2D eigenvalue weighted by atomic mass is 16.2. The Hall–Kier alpha value is -2.69. The first-order chi connectivity index (χ1) is 11.2. The Labute approximate surface area is 136 Å². The van der Waals surface area contributed by atoms with Crippen LogP contribution in [0.2, 0.25) is 0 Å². The maximum atomic E-state index is 12.1. The molecule has 0 aliphatic rings. The van der Waals surface area contributed by atoms with Crippen molar-refractivity contribution in [1.29, 1.82) is 0 Å². The number of aromatic nitrogens is 1. The van der Waals surface area contributed by atoms with Crippen LogP contribution >= 0.6 is 0 Å². The summed E-state index contributed by atoms with van der Waals surface area (Å²) in [5.74, 6) is -0.550. The zero-order valence-electron chi connectivity index (χ0n) is 13.4. The van der Waals surface area contributed by atoms with Gasteiger partial charge in [-0.25, -0.2) is 0 Å². The molecule has 0 atom stereocenters. The molecule has 1 heterocycles. The molecule has 1 aromatic heterocycles. The van der Waals surface area contributed by atoms with Crippen molar-refractivity contribution >= 4 is 17.5 Å². The number of carbonyl (C=O) groups is 2. The molecule has 2 amide bonds. The molecular formula is C18H21N3O2. The SMILES string of the molecule is CCc1cccc(CC)c1NC(=O)CNC(=O)c1cccnc1. The second-order valence-electron chi connectivity index (χ2n) is 5.13. The second-order valence-corrected chi connectivity index (χ2v) is 5.13. The first kappa shape index (κ1) is 16.7. The van der Waals surface area contributed by atoms with Crippen molar-refractivity contribution in [2.45, 2.75) is 26.7 Å². The van der Waals surface area contributed by atoms with Crippen LogP contribution in [-0.4, -0.2) is 23.3 Å². The molecule has 2 aromatic rings. The van der Waals surface area contributed by atoms with Gasteiger partial charge in [0.15, 0.2) is 0 Å². The molecule has 2 N–H and O–H groups in total. The molecule has 0 saturated heterocycles. The van der Waals surface area contributed by atoms with E-state index in [9.17, 15) is 9.59 Å². The summed E-state index contributed by atoms with van der Waals surface area (Å²) in [5, 5.41) is 5.52. The van der Waals surface area contributed by atoms with E-state index < -0.39 is 0 Å². The normalized spacial score (nSPS) is 10.2. The van der Waals surface area contributed by atoms with Gasteiger partial charge in [0.05, 0.1) is 12.1 Å². The van der Waals surface area contributed by atoms with Gasteiger partial charge in [-0.05, 0) is 36.1 Å². The van der Waals surface area contributed by atoms with Crippen LogP contribution < -0.4 is 10.6 Å². The Morgan fingerprint density at radius 2 is 1.74 bits per heavy atom. The predicted octanol–water partition coefficient (Wildman–Crippen LogP) is 2.57. The lowest BCUT2D eigenvalue weighted by molar-refractivity contribution is -0.115. The Kier molecular flexibility index (Phi) is 5.86. The number of pyridine rings is 1. The van der Waals surface area contributed by atoms with Gasteiger partial charge < -0.3 is 10.6 Å². The fraction of sp³-hybridized carbons (Fsp3) is 0.278. The number of hydrogen-bond donors (Lipinski definition) is 2. The number of nitrogens with zero attached hydrogens (tertiary/aromatic N) is 1. The molecule has 1 aromatic carbocycles. The van der Waals surface area contributed by atoms with Crippen LogP contribution in [0.25, 0.3) is 0 Å². The summed E-state index contributed by atoms with van der Waals surface area (Å²) >= 11 is 0. The van der Waals surface area contributed by atoms with E-state index in [1.165, 1.54) is 6.20 Å². The first-order valence-corrected chi connectivity index (χ1v) is 7.74. The third-order valence-corrected chi connectivity index (χ3v) is 3.60. The van der Waals surface area contributed by atoms with E-state index in [1.807, 2.05) is 18.2 Å².